The molecule has 0 bridgehead atoms. The zero-order chi connectivity index (χ0) is 24.1. The first kappa shape index (κ1) is 23.4. The topological polar surface area (TPSA) is 92.2 Å². The van der Waals surface area contributed by atoms with Gasteiger partial charge in [0, 0.05) is 0 Å². The van der Waals surface area contributed by atoms with Gasteiger partial charge in [-0.2, -0.15) is 5.10 Å². The summed E-state index contributed by atoms with van der Waals surface area (Å²) in [4.78, 5) is 12.9. The number of anilines is 2. The third kappa shape index (κ3) is 5.09. The van der Waals surface area contributed by atoms with E-state index in [0.29, 0.717) is 18.0 Å². The smallest absolute Gasteiger partial charge is 0.275 e. The van der Waals surface area contributed by atoms with Gasteiger partial charge >= 0.3 is 0 Å². The molecule has 0 spiro atoms. The number of nitrogens with zero attached hydrogens (tertiary/aromatic N) is 2. The molecule has 2 heterocycles. The van der Waals surface area contributed by atoms with Gasteiger partial charge in [-0.25, -0.2) is 13.5 Å². The van der Waals surface area contributed by atoms with Crippen LogP contribution in [0.4, 0.5) is 20.3 Å². The second kappa shape index (κ2) is 10.5. The molecule has 11 heteroatoms. The molecule has 34 heavy (non-hydrogen) atoms. The Morgan fingerprint density at radius 3 is 2.68 bits per heavy atom. The molecule has 0 aliphatic carbocycles. The second-order valence-electron chi connectivity index (χ2n) is 7.56. The Balaban J connectivity index is 1.46. The number of nitrogens with one attached hydrogen (secondary N) is 4. The van der Waals surface area contributed by atoms with E-state index in [1.165, 1.54) is 10.9 Å². The van der Waals surface area contributed by atoms with Crippen molar-refractivity contribution in [3.8, 4) is 5.75 Å². The lowest BCUT2D eigenvalue weighted by molar-refractivity contribution is 0.0656. The molecule has 1 aliphatic heterocycles. The van der Waals surface area contributed by atoms with Crippen LogP contribution in [0, 0.1) is 0 Å². The van der Waals surface area contributed by atoms with Crippen molar-refractivity contribution in [2.45, 2.75) is 31.9 Å². The fraction of sp³-hybridized carbons (Fsp3) is 0.261. The molecule has 1 amide bonds. The number of fused-ring (bicyclic) bond motifs is 1. The lowest BCUT2D eigenvalue weighted by Crippen LogP contribution is -2.44. The van der Waals surface area contributed by atoms with Crippen LogP contribution in [0.5, 0.6) is 5.75 Å². The summed E-state index contributed by atoms with van der Waals surface area (Å²) in [7, 11) is 0. The molecule has 1 aromatic heterocycles. The van der Waals surface area contributed by atoms with Crippen molar-refractivity contribution in [2.75, 3.05) is 17.2 Å². The molecule has 0 unspecified atom stereocenters. The van der Waals surface area contributed by atoms with E-state index in [0.717, 1.165) is 5.56 Å². The van der Waals surface area contributed by atoms with Crippen molar-refractivity contribution >= 4 is 34.7 Å². The molecule has 0 fully saturated rings. The zero-order valence-electron chi connectivity index (χ0n) is 18.3. The van der Waals surface area contributed by atoms with Gasteiger partial charge in [0.25, 0.3) is 12.3 Å². The Hall–Kier alpha value is -3.73. The minimum atomic E-state index is -2.64. The zero-order valence-corrected chi connectivity index (χ0v) is 19.1. The van der Waals surface area contributed by atoms with Crippen molar-refractivity contribution in [3.05, 3.63) is 71.9 Å². The van der Waals surface area contributed by atoms with Crippen LogP contribution in [-0.2, 0) is 0 Å². The molecular formula is C23H24F2N6O2S. The van der Waals surface area contributed by atoms with Gasteiger partial charge in [-0.15, -0.1) is 0 Å². The molecule has 2 aromatic carbocycles. The van der Waals surface area contributed by atoms with E-state index in [1.807, 2.05) is 49.4 Å². The van der Waals surface area contributed by atoms with Gasteiger partial charge in [0.05, 0.1) is 24.5 Å². The molecule has 8 nitrogen and oxygen atoms in total. The van der Waals surface area contributed by atoms with E-state index in [4.69, 9.17) is 17.0 Å². The number of amides is 1. The number of benzene rings is 2. The number of hydrogen-bond donors (Lipinski definition) is 4. The maximum Gasteiger partial charge on any atom is 0.275 e. The molecule has 178 valence electrons. The normalized spacial score (nSPS) is 16.8. The average molecular weight is 487 g/mol. The average Bonchev–Trinajstić information content (AvgIpc) is 3.28. The molecule has 2 atom stereocenters. The summed E-state index contributed by atoms with van der Waals surface area (Å²) in [5.41, 5.74) is 6.72. The third-order valence-electron chi connectivity index (χ3n) is 5.36. The van der Waals surface area contributed by atoms with E-state index in [1.54, 1.807) is 12.1 Å². The first-order valence-corrected chi connectivity index (χ1v) is 11.1. The van der Waals surface area contributed by atoms with Crippen LogP contribution in [0.25, 0.3) is 0 Å². The summed E-state index contributed by atoms with van der Waals surface area (Å²) in [6, 6.07) is 14.9. The predicted molar refractivity (Wildman–Crippen MR) is 129 cm³/mol. The van der Waals surface area contributed by atoms with Crippen molar-refractivity contribution in [1.82, 2.24) is 20.6 Å². The van der Waals surface area contributed by atoms with E-state index in [-0.39, 0.29) is 29.0 Å². The highest BCUT2D eigenvalue weighted by Crippen LogP contribution is 2.39. The van der Waals surface area contributed by atoms with Gasteiger partial charge in [0.15, 0.2) is 5.11 Å². The van der Waals surface area contributed by atoms with Crippen molar-refractivity contribution < 1.29 is 18.3 Å². The SMILES string of the molecule is CCOc1ccccc1NC(=S)NNC(=O)c1cnn2c1N[C@@H](c1ccccc1)C[C@@H]2C(F)F. The largest absolute Gasteiger partial charge is 0.492 e. The van der Waals surface area contributed by atoms with Crippen LogP contribution in [0.15, 0.2) is 60.8 Å². The number of carbonyl (C=O) groups is 1. The van der Waals surface area contributed by atoms with Crippen LogP contribution in [-0.4, -0.2) is 33.8 Å². The Labute approximate surface area is 200 Å². The summed E-state index contributed by atoms with van der Waals surface area (Å²) in [6.45, 7) is 2.36. The van der Waals surface area contributed by atoms with Gasteiger partial charge in [0.1, 0.15) is 23.2 Å². The molecule has 0 saturated heterocycles. The molecule has 3 aromatic rings. The number of ether oxygens (including phenoxy) is 1. The number of alkyl halides is 2. The van der Waals surface area contributed by atoms with Crippen LogP contribution in [0.1, 0.15) is 41.3 Å². The van der Waals surface area contributed by atoms with Gasteiger partial charge in [-0.1, -0.05) is 42.5 Å². The Morgan fingerprint density at radius 1 is 1.21 bits per heavy atom. The van der Waals surface area contributed by atoms with E-state index < -0.39 is 18.4 Å². The lowest BCUT2D eigenvalue weighted by atomic mass is 9.97. The van der Waals surface area contributed by atoms with Crippen LogP contribution in [0.3, 0.4) is 0 Å². The Bertz CT molecular complexity index is 1160. The fourth-order valence-corrected chi connectivity index (χ4v) is 3.95. The van der Waals surface area contributed by atoms with E-state index in [9.17, 15) is 13.6 Å². The maximum absolute atomic E-state index is 13.8. The maximum atomic E-state index is 13.8. The number of aromatic nitrogens is 2. The Kier molecular flexibility index (Phi) is 7.21. The number of hydrogen-bond acceptors (Lipinski definition) is 5. The van der Waals surface area contributed by atoms with Crippen LogP contribution < -0.4 is 26.2 Å². The van der Waals surface area contributed by atoms with Crippen LogP contribution >= 0.6 is 12.2 Å². The van der Waals surface area contributed by atoms with E-state index in [2.05, 4.69) is 26.6 Å². The first-order chi connectivity index (χ1) is 16.5. The number of carbonyl (C=O) groups excluding carboxylic acids is 1. The number of para-hydroxylation sites is 2. The van der Waals surface area contributed by atoms with E-state index >= 15 is 0 Å². The summed E-state index contributed by atoms with van der Waals surface area (Å²) in [5.74, 6) is 0.267. The molecule has 4 rings (SSSR count). The van der Waals surface area contributed by atoms with Gasteiger partial charge < -0.3 is 15.4 Å². The van der Waals surface area contributed by atoms with Gasteiger partial charge in [0.2, 0.25) is 0 Å². The first-order valence-electron chi connectivity index (χ1n) is 10.7. The molecule has 0 saturated carbocycles. The number of thiocarbonyl (C=S) groups is 1. The summed E-state index contributed by atoms with van der Waals surface area (Å²) >= 11 is 5.26. The van der Waals surface area contributed by atoms with Gasteiger partial charge in [-0.3, -0.25) is 15.6 Å². The highest BCUT2D eigenvalue weighted by molar-refractivity contribution is 7.80. The third-order valence-corrected chi connectivity index (χ3v) is 5.56. The molecule has 0 radical (unpaired) electrons. The highest BCUT2D eigenvalue weighted by Gasteiger charge is 2.36. The summed E-state index contributed by atoms with van der Waals surface area (Å²) in [6.07, 6.45) is -1.23. The Morgan fingerprint density at radius 2 is 1.94 bits per heavy atom. The monoisotopic (exact) mass is 486 g/mol. The van der Waals surface area contributed by atoms with Crippen LogP contribution in [0.2, 0.25) is 0 Å². The number of hydrazine groups is 1. The molecular weight excluding hydrogens is 462 g/mol. The highest BCUT2D eigenvalue weighted by atomic mass is 32.1. The minimum absolute atomic E-state index is 0.122. The summed E-state index contributed by atoms with van der Waals surface area (Å²) in [5, 5.41) is 10.3. The number of halogens is 2. The quantitative estimate of drug-likeness (QED) is 0.305. The standard InChI is InChI=1S/C23H24F2N6O2S/c1-2-33-19-11-7-6-10-16(19)28-23(34)30-29-22(32)15-13-26-31-18(20(24)25)12-17(27-21(15)31)14-8-4-3-5-9-14/h3-11,13,17-18,20,27H,2,12H2,1H3,(H,29,32)(H2,28,30,34)/t17-,18-/m1/s1. The lowest BCUT2D eigenvalue weighted by Gasteiger charge is -2.32. The fourth-order valence-electron chi connectivity index (χ4n) is 3.79. The second-order valence-corrected chi connectivity index (χ2v) is 7.97. The predicted octanol–water partition coefficient (Wildman–Crippen LogP) is 4.28. The van der Waals surface area contributed by atoms with Crippen molar-refractivity contribution in [1.29, 1.82) is 0 Å². The molecule has 4 N–H and O–H groups in total. The van der Waals surface area contributed by atoms with Gasteiger partial charge in [-0.05, 0) is 43.3 Å². The van der Waals surface area contributed by atoms with Crippen molar-refractivity contribution in [2.24, 2.45) is 0 Å². The summed E-state index contributed by atoms with van der Waals surface area (Å²) < 4.78 is 34.3. The molecule has 1 aliphatic rings. The number of rotatable bonds is 6. The van der Waals surface area contributed by atoms with Crippen molar-refractivity contribution in [3.63, 3.8) is 0 Å². The minimum Gasteiger partial charge on any atom is -0.492 e.